The molecule has 166 valence electrons. The molecule has 0 saturated carbocycles. The van der Waals surface area contributed by atoms with Gasteiger partial charge in [-0.25, -0.2) is 8.42 Å². The fourth-order valence-corrected chi connectivity index (χ4v) is 4.28. The fourth-order valence-electron chi connectivity index (χ4n) is 3.73. The van der Waals surface area contributed by atoms with Crippen LogP contribution in [-0.2, 0) is 21.4 Å². The number of nitrogens with one attached hydrogen (secondary N) is 1. The van der Waals surface area contributed by atoms with E-state index in [4.69, 9.17) is 9.47 Å². The molecular formula is C25H26N2O4S. The summed E-state index contributed by atoms with van der Waals surface area (Å²) >= 11 is 0. The molecule has 1 atom stereocenters. The topological polar surface area (TPSA) is 67.9 Å². The molecule has 4 rings (SSSR count). The Morgan fingerprint density at radius 1 is 1.09 bits per heavy atom. The highest BCUT2D eigenvalue weighted by molar-refractivity contribution is 7.92. The lowest BCUT2D eigenvalue weighted by atomic mass is 9.95. The molecule has 0 saturated heterocycles. The van der Waals surface area contributed by atoms with Crippen molar-refractivity contribution in [2.75, 3.05) is 29.5 Å². The van der Waals surface area contributed by atoms with E-state index in [2.05, 4.69) is 22.3 Å². The summed E-state index contributed by atoms with van der Waals surface area (Å²) in [5.74, 6) is 0.730. The van der Waals surface area contributed by atoms with Crippen molar-refractivity contribution in [3.63, 3.8) is 0 Å². The number of ether oxygens (including phenoxy) is 2. The molecule has 1 aliphatic rings. The van der Waals surface area contributed by atoms with Crippen molar-refractivity contribution >= 4 is 21.4 Å². The number of rotatable bonds is 8. The van der Waals surface area contributed by atoms with Crippen LogP contribution in [0.4, 0.5) is 11.4 Å². The first kappa shape index (κ1) is 21.9. The van der Waals surface area contributed by atoms with Gasteiger partial charge in [-0.05, 0) is 41.5 Å². The average molecular weight is 451 g/mol. The van der Waals surface area contributed by atoms with Crippen LogP contribution in [0.5, 0.6) is 5.75 Å². The minimum atomic E-state index is -3.40. The van der Waals surface area contributed by atoms with E-state index < -0.39 is 16.3 Å². The van der Waals surface area contributed by atoms with E-state index in [-0.39, 0.29) is 0 Å². The molecule has 1 N–H and O–H groups in total. The molecule has 1 unspecified atom stereocenters. The quantitative estimate of drug-likeness (QED) is 0.492. The van der Waals surface area contributed by atoms with Crippen LogP contribution in [0.15, 0.2) is 79.4 Å². The predicted molar refractivity (Wildman–Crippen MR) is 128 cm³/mol. The summed E-state index contributed by atoms with van der Waals surface area (Å²) < 4.78 is 38.3. The first-order valence-electron chi connectivity index (χ1n) is 10.2. The average Bonchev–Trinajstić information content (AvgIpc) is 2.76. The lowest BCUT2D eigenvalue weighted by Crippen LogP contribution is -2.19. The number of fused-ring (bicyclic) bond motifs is 3. The van der Waals surface area contributed by atoms with Gasteiger partial charge < -0.3 is 14.4 Å². The lowest BCUT2D eigenvalue weighted by Gasteiger charge is -2.29. The Hall–Kier alpha value is -3.29. The van der Waals surface area contributed by atoms with Crippen LogP contribution in [0.3, 0.4) is 0 Å². The molecule has 0 aliphatic carbocycles. The second kappa shape index (κ2) is 9.06. The Balaban J connectivity index is 1.62. The van der Waals surface area contributed by atoms with Crippen LogP contribution in [0.1, 0.15) is 17.4 Å². The van der Waals surface area contributed by atoms with Gasteiger partial charge in [0.05, 0.1) is 12.9 Å². The standard InChI is InChI=1S/C25H26N2O4S/c1-4-14-27(2)20-9-7-8-18(15-20)17-30-25-23-16-19(26-32(3,28)29)12-13-21(23)22-10-5-6-11-24(22)31-25/h4-13,15-16,25-26H,1,14,17H2,2-3H3. The molecule has 0 amide bonds. The Labute approximate surface area is 189 Å². The lowest BCUT2D eigenvalue weighted by molar-refractivity contribution is -0.0941. The largest absolute Gasteiger partial charge is 0.460 e. The van der Waals surface area contributed by atoms with Crippen molar-refractivity contribution in [3.8, 4) is 16.9 Å². The molecule has 1 heterocycles. The van der Waals surface area contributed by atoms with Gasteiger partial charge >= 0.3 is 0 Å². The van der Waals surface area contributed by atoms with Gasteiger partial charge in [0.25, 0.3) is 0 Å². The molecule has 6 nitrogen and oxygen atoms in total. The zero-order valence-corrected chi connectivity index (χ0v) is 18.9. The smallest absolute Gasteiger partial charge is 0.229 e. The zero-order valence-electron chi connectivity index (χ0n) is 18.1. The number of para-hydroxylation sites is 1. The molecule has 1 aliphatic heterocycles. The summed E-state index contributed by atoms with van der Waals surface area (Å²) in [7, 11) is -1.39. The van der Waals surface area contributed by atoms with Gasteiger partial charge in [0, 0.05) is 36.1 Å². The Morgan fingerprint density at radius 2 is 1.91 bits per heavy atom. The third-order valence-electron chi connectivity index (χ3n) is 5.18. The number of nitrogens with zero attached hydrogens (tertiary/aromatic N) is 1. The SMILES string of the molecule is C=CCN(C)c1cccc(COC2Oc3ccccc3-c3ccc(NS(C)(=O)=O)cc32)c1. The number of anilines is 2. The molecule has 7 heteroatoms. The predicted octanol–water partition coefficient (Wildman–Crippen LogP) is 4.96. The maximum atomic E-state index is 11.7. The zero-order chi connectivity index (χ0) is 22.7. The maximum absolute atomic E-state index is 11.7. The third kappa shape index (κ3) is 4.95. The van der Waals surface area contributed by atoms with Crippen molar-refractivity contribution in [2.45, 2.75) is 12.9 Å². The molecule has 0 aromatic heterocycles. The molecular weight excluding hydrogens is 424 g/mol. The van der Waals surface area contributed by atoms with Gasteiger partial charge in [0.2, 0.25) is 16.3 Å². The van der Waals surface area contributed by atoms with Crippen molar-refractivity contribution in [3.05, 3.63) is 90.5 Å². The van der Waals surface area contributed by atoms with Gasteiger partial charge in [-0.2, -0.15) is 0 Å². The van der Waals surface area contributed by atoms with E-state index >= 15 is 0 Å². The summed E-state index contributed by atoms with van der Waals surface area (Å²) in [5, 5.41) is 0. The second-order valence-corrected chi connectivity index (χ2v) is 9.52. The Morgan fingerprint density at radius 3 is 2.69 bits per heavy atom. The number of benzene rings is 3. The highest BCUT2D eigenvalue weighted by atomic mass is 32.2. The van der Waals surface area contributed by atoms with Crippen molar-refractivity contribution in [1.82, 2.24) is 0 Å². The van der Waals surface area contributed by atoms with Crippen LogP contribution in [0.25, 0.3) is 11.1 Å². The van der Waals surface area contributed by atoms with Crippen LogP contribution >= 0.6 is 0 Å². The highest BCUT2D eigenvalue weighted by Crippen LogP contribution is 2.43. The minimum absolute atomic E-state index is 0.339. The monoisotopic (exact) mass is 450 g/mol. The third-order valence-corrected chi connectivity index (χ3v) is 5.78. The normalized spacial score (nSPS) is 14.6. The van der Waals surface area contributed by atoms with Gasteiger partial charge in [-0.15, -0.1) is 6.58 Å². The summed E-state index contributed by atoms with van der Waals surface area (Å²) in [5.41, 5.74) is 5.22. The van der Waals surface area contributed by atoms with Crippen molar-refractivity contribution < 1.29 is 17.9 Å². The highest BCUT2D eigenvalue weighted by Gasteiger charge is 2.27. The van der Waals surface area contributed by atoms with Crippen LogP contribution in [-0.4, -0.2) is 28.3 Å². The van der Waals surface area contributed by atoms with E-state index in [1.165, 1.54) is 0 Å². The van der Waals surface area contributed by atoms with E-state index in [9.17, 15) is 8.42 Å². The number of hydrogen-bond acceptors (Lipinski definition) is 5. The van der Waals surface area contributed by atoms with Gasteiger partial charge in [0.15, 0.2) is 0 Å². The molecule has 0 radical (unpaired) electrons. The fraction of sp³-hybridized carbons (Fsp3) is 0.200. The first-order valence-corrected chi connectivity index (χ1v) is 12.1. The number of sulfonamides is 1. The van der Waals surface area contributed by atoms with Gasteiger partial charge in [0.1, 0.15) is 5.75 Å². The Bertz CT molecular complexity index is 1240. The molecule has 0 spiro atoms. The molecule has 0 bridgehead atoms. The van der Waals surface area contributed by atoms with Crippen molar-refractivity contribution in [2.24, 2.45) is 0 Å². The summed E-state index contributed by atoms with van der Waals surface area (Å²) in [6, 6.07) is 21.3. The molecule has 32 heavy (non-hydrogen) atoms. The minimum Gasteiger partial charge on any atom is -0.460 e. The van der Waals surface area contributed by atoms with Gasteiger partial charge in [-0.1, -0.05) is 42.5 Å². The van der Waals surface area contributed by atoms with Crippen LogP contribution in [0, 0.1) is 0 Å². The van der Waals surface area contributed by atoms with Crippen molar-refractivity contribution in [1.29, 1.82) is 0 Å². The van der Waals surface area contributed by atoms with Crippen LogP contribution < -0.4 is 14.4 Å². The first-order chi connectivity index (χ1) is 15.3. The number of hydrogen-bond donors (Lipinski definition) is 1. The van der Waals surface area contributed by atoms with E-state index in [0.717, 1.165) is 46.5 Å². The van der Waals surface area contributed by atoms with Gasteiger partial charge in [-0.3, -0.25) is 4.72 Å². The summed E-state index contributed by atoms with van der Waals surface area (Å²) in [4.78, 5) is 2.10. The van der Waals surface area contributed by atoms with E-state index in [1.54, 1.807) is 12.1 Å². The number of likely N-dealkylation sites (N-methyl/N-ethyl adjacent to an activating group) is 1. The maximum Gasteiger partial charge on any atom is 0.229 e. The summed E-state index contributed by atoms with van der Waals surface area (Å²) in [6.45, 7) is 4.87. The second-order valence-electron chi connectivity index (χ2n) is 7.77. The Kier molecular flexibility index (Phi) is 6.21. The van der Waals surface area contributed by atoms with E-state index in [1.807, 2.05) is 61.7 Å². The molecule has 0 fully saturated rings. The van der Waals surface area contributed by atoms with E-state index in [0.29, 0.717) is 12.3 Å². The molecule has 3 aromatic carbocycles. The summed E-state index contributed by atoms with van der Waals surface area (Å²) in [6.07, 6.45) is 2.31. The molecule has 3 aromatic rings. The van der Waals surface area contributed by atoms with Crippen LogP contribution in [0.2, 0.25) is 0 Å².